The molecule has 114 valence electrons. The van der Waals surface area contributed by atoms with Crippen LogP contribution in [0.15, 0.2) is 18.2 Å². The van der Waals surface area contributed by atoms with Crippen molar-refractivity contribution in [3.8, 4) is 0 Å². The molecule has 1 heterocycles. The minimum Gasteiger partial charge on any atom is -0.398 e. The first kappa shape index (κ1) is 15.6. The summed E-state index contributed by atoms with van der Waals surface area (Å²) >= 11 is 5.84. The zero-order valence-electron chi connectivity index (χ0n) is 12.3. The summed E-state index contributed by atoms with van der Waals surface area (Å²) in [5.74, 6) is 0.0413. The minimum absolute atomic E-state index is 0.00612. The molecule has 2 rings (SSSR count). The molecule has 21 heavy (non-hydrogen) atoms. The number of carbonyl (C=O) groups is 2. The number of hydrogen-bond acceptors (Lipinski definition) is 3. The van der Waals surface area contributed by atoms with Crippen LogP contribution in [0.3, 0.4) is 0 Å². The molecule has 0 unspecified atom stereocenters. The molecule has 6 heteroatoms. The molecule has 2 N–H and O–H groups in total. The number of halogens is 1. The fourth-order valence-corrected chi connectivity index (χ4v) is 2.77. The van der Waals surface area contributed by atoms with E-state index >= 15 is 0 Å². The van der Waals surface area contributed by atoms with Crippen LogP contribution >= 0.6 is 11.6 Å². The van der Waals surface area contributed by atoms with Gasteiger partial charge in [-0.15, -0.1) is 0 Å². The third kappa shape index (κ3) is 3.47. The van der Waals surface area contributed by atoms with Crippen molar-refractivity contribution < 1.29 is 9.59 Å². The first-order chi connectivity index (χ1) is 9.90. The largest absolute Gasteiger partial charge is 0.398 e. The second-order valence-electron chi connectivity index (χ2n) is 5.53. The third-order valence-corrected chi connectivity index (χ3v) is 4.05. The molecule has 0 aromatic heterocycles. The number of benzene rings is 1. The zero-order valence-corrected chi connectivity index (χ0v) is 13.1. The Morgan fingerprint density at radius 1 is 1.29 bits per heavy atom. The zero-order chi connectivity index (χ0) is 15.6. The Labute approximate surface area is 129 Å². The lowest BCUT2D eigenvalue weighted by Gasteiger charge is -2.32. The average Bonchev–Trinajstić information content (AvgIpc) is 2.46. The Morgan fingerprint density at radius 3 is 2.43 bits per heavy atom. The van der Waals surface area contributed by atoms with Gasteiger partial charge in [0.1, 0.15) is 0 Å². The van der Waals surface area contributed by atoms with Crippen molar-refractivity contribution in [3.05, 3.63) is 28.8 Å². The molecule has 0 radical (unpaired) electrons. The van der Waals surface area contributed by atoms with Crippen LogP contribution in [0.5, 0.6) is 0 Å². The number of nitrogen functional groups attached to an aromatic ring is 1. The van der Waals surface area contributed by atoms with Gasteiger partial charge in [-0.2, -0.15) is 0 Å². The van der Waals surface area contributed by atoms with Gasteiger partial charge < -0.3 is 15.5 Å². The van der Waals surface area contributed by atoms with E-state index < -0.39 is 0 Å². The first-order valence-corrected chi connectivity index (χ1v) is 7.33. The van der Waals surface area contributed by atoms with Gasteiger partial charge in [0.15, 0.2) is 0 Å². The summed E-state index contributed by atoms with van der Waals surface area (Å²) in [6.07, 6.45) is 1.38. The predicted octanol–water partition coefficient (Wildman–Crippen LogP) is 1.86. The second kappa shape index (κ2) is 6.35. The highest BCUT2D eigenvalue weighted by Gasteiger charge is 2.29. The Hall–Kier alpha value is -1.75. The Morgan fingerprint density at radius 2 is 1.90 bits per heavy atom. The Kier molecular flexibility index (Phi) is 4.73. The van der Waals surface area contributed by atoms with Gasteiger partial charge in [0.2, 0.25) is 5.91 Å². The number of hydrogen-bond donors (Lipinski definition) is 1. The molecule has 0 spiro atoms. The van der Waals surface area contributed by atoms with E-state index in [1.165, 1.54) is 0 Å². The highest BCUT2D eigenvalue weighted by molar-refractivity contribution is 6.31. The van der Waals surface area contributed by atoms with Crippen molar-refractivity contribution in [2.24, 2.45) is 5.92 Å². The monoisotopic (exact) mass is 309 g/mol. The third-order valence-electron chi connectivity index (χ3n) is 3.82. The van der Waals surface area contributed by atoms with Gasteiger partial charge in [-0.1, -0.05) is 11.6 Å². The maximum absolute atomic E-state index is 12.4. The van der Waals surface area contributed by atoms with Crippen LogP contribution in [0.25, 0.3) is 0 Å². The van der Waals surface area contributed by atoms with Crippen LogP contribution in [-0.4, -0.2) is 48.8 Å². The first-order valence-electron chi connectivity index (χ1n) is 6.95. The fraction of sp³-hybridized carbons (Fsp3) is 0.467. The summed E-state index contributed by atoms with van der Waals surface area (Å²) in [5.41, 5.74) is 6.71. The maximum atomic E-state index is 12.4. The minimum atomic E-state index is -0.0973. The molecule has 1 aliphatic heterocycles. The molecule has 2 amide bonds. The topological polar surface area (TPSA) is 66.6 Å². The number of rotatable bonds is 2. The summed E-state index contributed by atoms with van der Waals surface area (Å²) in [6, 6.07) is 4.89. The SMILES string of the molecule is CN(C)C(=O)C1CCN(C(=O)c2ccc(Cl)cc2N)CC1. The average molecular weight is 310 g/mol. The van der Waals surface area contributed by atoms with E-state index in [1.54, 1.807) is 42.1 Å². The molecule has 5 nitrogen and oxygen atoms in total. The van der Waals surface area contributed by atoms with Crippen LogP contribution < -0.4 is 5.73 Å². The maximum Gasteiger partial charge on any atom is 0.255 e. The molecule has 1 aromatic rings. The highest BCUT2D eigenvalue weighted by Crippen LogP contribution is 2.24. The van der Waals surface area contributed by atoms with E-state index in [9.17, 15) is 9.59 Å². The smallest absolute Gasteiger partial charge is 0.255 e. The van der Waals surface area contributed by atoms with Gasteiger partial charge >= 0.3 is 0 Å². The molecule has 1 aliphatic rings. The molecule has 0 bridgehead atoms. The number of nitrogens with two attached hydrogens (primary N) is 1. The Bertz CT molecular complexity index is 552. The molecule has 1 aromatic carbocycles. The quantitative estimate of drug-likeness (QED) is 0.848. The molecule has 0 saturated carbocycles. The van der Waals surface area contributed by atoms with Crippen LogP contribution in [-0.2, 0) is 4.79 Å². The summed E-state index contributed by atoms with van der Waals surface area (Å²) in [6.45, 7) is 1.15. The lowest BCUT2D eigenvalue weighted by molar-refractivity contribution is -0.134. The number of anilines is 1. The summed E-state index contributed by atoms with van der Waals surface area (Å²) in [4.78, 5) is 27.7. The summed E-state index contributed by atoms with van der Waals surface area (Å²) in [7, 11) is 3.52. The number of likely N-dealkylation sites (tertiary alicyclic amines) is 1. The lowest BCUT2D eigenvalue weighted by atomic mass is 9.95. The lowest BCUT2D eigenvalue weighted by Crippen LogP contribution is -2.42. The van der Waals surface area contributed by atoms with Gasteiger partial charge in [0, 0.05) is 43.8 Å². The summed E-state index contributed by atoms with van der Waals surface area (Å²) < 4.78 is 0. The molecule has 1 saturated heterocycles. The summed E-state index contributed by atoms with van der Waals surface area (Å²) in [5, 5.41) is 0.513. The van der Waals surface area contributed by atoms with E-state index in [0.717, 1.165) is 0 Å². The van der Waals surface area contributed by atoms with Gasteiger partial charge in [-0.3, -0.25) is 9.59 Å². The van der Waals surface area contributed by atoms with Crippen LogP contribution in [0.1, 0.15) is 23.2 Å². The fourth-order valence-electron chi connectivity index (χ4n) is 2.59. The normalized spacial score (nSPS) is 15.9. The molecular formula is C15H20ClN3O2. The van der Waals surface area contributed by atoms with Gasteiger partial charge in [-0.25, -0.2) is 0 Å². The van der Waals surface area contributed by atoms with Crippen molar-refractivity contribution >= 4 is 29.1 Å². The van der Waals surface area contributed by atoms with Crippen LogP contribution in [0.2, 0.25) is 5.02 Å². The number of piperidine rings is 1. The van der Waals surface area contributed by atoms with E-state index in [-0.39, 0.29) is 17.7 Å². The number of amides is 2. The van der Waals surface area contributed by atoms with Crippen LogP contribution in [0, 0.1) is 5.92 Å². The van der Waals surface area contributed by atoms with E-state index in [4.69, 9.17) is 17.3 Å². The van der Waals surface area contributed by atoms with Gasteiger partial charge in [0.25, 0.3) is 5.91 Å². The second-order valence-corrected chi connectivity index (χ2v) is 5.97. The molecule has 0 aliphatic carbocycles. The van der Waals surface area contributed by atoms with Gasteiger partial charge in [-0.05, 0) is 31.0 Å². The standard InChI is InChI=1S/C15H20ClN3O2/c1-18(2)14(20)10-5-7-19(8-6-10)15(21)12-4-3-11(16)9-13(12)17/h3-4,9-10H,5-8,17H2,1-2H3. The van der Waals surface area contributed by atoms with E-state index in [1.807, 2.05) is 0 Å². The molecular weight excluding hydrogens is 290 g/mol. The van der Waals surface area contributed by atoms with Crippen molar-refractivity contribution in [1.29, 1.82) is 0 Å². The van der Waals surface area contributed by atoms with E-state index in [2.05, 4.69) is 0 Å². The molecule has 1 fully saturated rings. The van der Waals surface area contributed by atoms with Crippen molar-refractivity contribution in [2.45, 2.75) is 12.8 Å². The number of nitrogens with zero attached hydrogens (tertiary/aromatic N) is 2. The van der Waals surface area contributed by atoms with E-state index in [0.29, 0.717) is 42.2 Å². The van der Waals surface area contributed by atoms with Crippen molar-refractivity contribution in [1.82, 2.24) is 9.80 Å². The van der Waals surface area contributed by atoms with Crippen molar-refractivity contribution in [3.63, 3.8) is 0 Å². The van der Waals surface area contributed by atoms with Gasteiger partial charge in [0.05, 0.1) is 5.56 Å². The highest BCUT2D eigenvalue weighted by atomic mass is 35.5. The number of carbonyl (C=O) groups excluding carboxylic acids is 2. The Balaban J connectivity index is 2.02. The molecule has 0 atom stereocenters. The van der Waals surface area contributed by atoms with Crippen LogP contribution in [0.4, 0.5) is 5.69 Å². The predicted molar refractivity (Wildman–Crippen MR) is 83.2 cm³/mol. The van der Waals surface area contributed by atoms with Crippen molar-refractivity contribution in [2.75, 3.05) is 32.9 Å².